The molecule has 37 heavy (non-hydrogen) atoms. The molecule has 3 N–H and O–H groups in total. The van der Waals surface area contributed by atoms with Gasteiger partial charge in [-0.15, -0.1) is 11.3 Å². The predicted molar refractivity (Wildman–Crippen MR) is 146 cm³/mol. The van der Waals surface area contributed by atoms with Gasteiger partial charge in [0.1, 0.15) is 10.9 Å². The molecule has 0 spiro atoms. The quantitative estimate of drug-likeness (QED) is 0.323. The van der Waals surface area contributed by atoms with Gasteiger partial charge in [-0.25, -0.2) is 4.98 Å². The van der Waals surface area contributed by atoms with Gasteiger partial charge in [-0.1, -0.05) is 25.1 Å². The molecule has 4 rings (SSSR count). The number of carbonyl (C=O) groups excluding carboxylic acids is 3. The van der Waals surface area contributed by atoms with E-state index in [1.54, 1.807) is 31.2 Å². The zero-order valence-corrected chi connectivity index (χ0v) is 21.7. The lowest BCUT2D eigenvalue weighted by molar-refractivity contribution is -0.119. The molecule has 0 fully saturated rings. The number of para-hydroxylation sites is 1. The summed E-state index contributed by atoms with van der Waals surface area (Å²) >= 11 is 1.15. The highest BCUT2D eigenvalue weighted by Crippen LogP contribution is 2.29. The van der Waals surface area contributed by atoms with Crippen LogP contribution in [0.4, 0.5) is 17.1 Å². The van der Waals surface area contributed by atoms with Crippen LogP contribution < -0.4 is 21.5 Å². The van der Waals surface area contributed by atoms with Crippen LogP contribution in [-0.4, -0.2) is 27.3 Å². The number of hydrogen-bond acceptors (Lipinski definition) is 6. The lowest BCUT2D eigenvalue weighted by atomic mass is 10.1. The summed E-state index contributed by atoms with van der Waals surface area (Å²) < 4.78 is 1.31. The van der Waals surface area contributed by atoms with Crippen molar-refractivity contribution in [3.8, 4) is 0 Å². The summed E-state index contributed by atoms with van der Waals surface area (Å²) in [6.45, 7) is 6.85. The minimum absolute atomic E-state index is 0.190. The Hall–Kier alpha value is -4.31. The highest BCUT2D eigenvalue weighted by molar-refractivity contribution is 7.20. The molecular weight excluding hydrogens is 490 g/mol. The molecule has 0 saturated carbocycles. The van der Waals surface area contributed by atoms with Crippen LogP contribution in [0.2, 0.25) is 0 Å². The molecule has 0 saturated heterocycles. The number of nitrogens with one attached hydrogen (secondary N) is 3. The van der Waals surface area contributed by atoms with Crippen LogP contribution in [0.15, 0.2) is 59.7 Å². The molecule has 1 atom stereocenters. The van der Waals surface area contributed by atoms with E-state index in [0.717, 1.165) is 16.9 Å². The van der Waals surface area contributed by atoms with Crippen molar-refractivity contribution >= 4 is 56.3 Å². The Morgan fingerprint density at radius 2 is 1.62 bits per heavy atom. The van der Waals surface area contributed by atoms with Gasteiger partial charge in [0, 0.05) is 24.0 Å². The molecule has 1 unspecified atom stereocenters. The average Bonchev–Trinajstić information content (AvgIpc) is 3.20. The molecule has 0 aliphatic carbocycles. The van der Waals surface area contributed by atoms with Gasteiger partial charge in [0.2, 0.25) is 11.8 Å². The highest BCUT2D eigenvalue weighted by Gasteiger charge is 2.25. The molecule has 2 aromatic carbocycles. The van der Waals surface area contributed by atoms with Crippen LogP contribution in [0.3, 0.4) is 0 Å². The molecule has 9 nitrogen and oxygen atoms in total. The molecule has 3 amide bonds. The van der Waals surface area contributed by atoms with Gasteiger partial charge in [0.15, 0.2) is 0 Å². The number of fused-ring (bicyclic) bond motifs is 1. The average molecular weight is 518 g/mol. The Morgan fingerprint density at radius 1 is 0.973 bits per heavy atom. The fraction of sp³-hybridized carbons (Fsp3) is 0.222. The van der Waals surface area contributed by atoms with E-state index in [0.29, 0.717) is 44.1 Å². The minimum Gasteiger partial charge on any atom is -0.326 e. The molecule has 2 heterocycles. The summed E-state index contributed by atoms with van der Waals surface area (Å²) in [5.74, 6) is -0.874. The topological polar surface area (TPSA) is 122 Å². The number of amides is 3. The maximum Gasteiger partial charge on any atom is 0.266 e. The van der Waals surface area contributed by atoms with Gasteiger partial charge < -0.3 is 16.0 Å². The Bertz CT molecular complexity index is 1560. The summed E-state index contributed by atoms with van der Waals surface area (Å²) in [6.07, 6.45) is 1.71. The van der Waals surface area contributed by atoms with Crippen molar-refractivity contribution in [1.82, 2.24) is 9.55 Å². The van der Waals surface area contributed by atoms with E-state index in [9.17, 15) is 19.2 Å². The van der Waals surface area contributed by atoms with Gasteiger partial charge in [-0.3, -0.25) is 23.7 Å². The minimum atomic E-state index is -0.803. The standard InChI is InChI=1S/C27H27N5O4S/c1-5-21(24(34)30-19-12-10-18(11-13-19)29-17(4)33)32-14-28-26-22(27(32)36)16(3)23(37-26)25(35)31-20-9-7-6-8-15(20)2/h6-14,21H,5H2,1-4H3,(H,29,33)(H,30,34)(H,31,35). The van der Waals surface area contributed by atoms with E-state index in [-0.39, 0.29) is 23.3 Å². The second-order valence-electron chi connectivity index (χ2n) is 8.63. The lowest BCUT2D eigenvalue weighted by Crippen LogP contribution is -2.33. The van der Waals surface area contributed by atoms with Gasteiger partial charge >= 0.3 is 0 Å². The van der Waals surface area contributed by atoms with Crippen LogP contribution in [0.1, 0.15) is 47.1 Å². The zero-order valence-electron chi connectivity index (χ0n) is 20.9. The Kier molecular flexibility index (Phi) is 7.49. The third kappa shape index (κ3) is 5.44. The smallest absolute Gasteiger partial charge is 0.266 e. The molecule has 0 radical (unpaired) electrons. The van der Waals surface area contributed by atoms with Crippen molar-refractivity contribution in [2.75, 3.05) is 16.0 Å². The first-order valence-corrected chi connectivity index (χ1v) is 12.6. The van der Waals surface area contributed by atoms with Crippen molar-refractivity contribution in [3.05, 3.63) is 81.2 Å². The zero-order chi connectivity index (χ0) is 26.7. The van der Waals surface area contributed by atoms with Crippen LogP contribution >= 0.6 is 11.3 Å². The first-order valence-electron chi connectivity index (χ1n) is 11.7. The molecule has 2 aromatic heterocycles. The van der Waals surface area contributed by atoms with Crippen molar-refractivity contribution in [2.45, 2.75) is 40.2 Å². The summed E-state index contributed by atoms with van der Waals surface area (Å²) in [5, 5.41) is 8.72. The van der Waals surface area contributed by atoms with Crippen LogP contribution in [-0.2, 0) is 9.59 Å². The Morgan fingerprint density at radius 3 is 2.24 bits per heavy atom. The van der Waals surface area contributed by atoms with Gasteiger partial charge in [-0.2, -0.15) is 0 Å². The van der Waals surface area contributed by atoms with Crippen LogP contribution in [0.25, 0.3) is 10.2 Å². The van der Waals surface area contributed by atoms with Crippen molar-refractivity contribution in [3.63, 3.8) is 0 Å². The third-order valence-electron chi connectivity index (χ3n) is 5.97. The second-order valence-corrected chi connectivity index (χ2v) is 9.63. The molecular formula is C27H27N5O4S. The molecule has 4 aromatic rings. The molecule has 0 aliphatic rings. The third-order valence-corrected chi connectivity index (χ3v) is 7.17. The van der Waals surface area contributed by atoms with E-state index in [2.05, 4.69) is 20.9 Å². The number of nitrogens with zero attached hydrogens (tertiary/aromatic N) is 2. The van der Waals surface area contributed by atoms with Crippen molar-refractivity contribution < 1.29 is 14.4 Å². The summed E-state index contributed by atoms with van der Waals surface area (Å²) in [4.78, 5) is 56.0. The summed E-state index contributed by atoms with van der Waals surface area (Å²) in [7, 11) is 0. The largest absolute Gasteiger partial charge is 0.326 e. The summed E-state index contributed by atoms with van der Waals surface area (Å²) in [5.41, 5.74) is 2.91. The van der Waals surface area contributed by atoms with Gasteiger partial charge in [-0.05, 0) is 61.7 Å². The molecule has 10 heteroatoms. The maximum absolute atomic E-state index is 13.5. The van der Waals surface area contributed by atoms with E-state index < -0.39 is 6.04 Å². The molecule has 0 aliphatic heterocycles. The van der Waals surface area contributed by atoms with E-state index in [1.807, 2.05) is 38.1 Å². The van der Waals surface area contributed by atoms with Crippen LogP contribution in [0.5, 0.6) is 0 Å². The number of benzene rings is 2. The van der Waals surface area contributed by atoms with Gasteiger partial charge in [0.05, 0.1) is 16.6 Å². The molecule has 0 bridgehead atoms. The maximum atomic E-state index is 13.5. The number of aromatic nitrogens is 2. The Balaban J connectivity index is 1.60. The SMILES string of the molecule is CCC(C(=O)Nc1ccc(NC(C)=O)cc1)n1cnc2sc(C(=O)Nc3ccccc3C)c(C)c2c1=O. The van der Waals surface area contributed by atoms with E-state index in [4.69, 9.17) is 0 Å². The van der Waals surface area contributed by atoms with E-state index >= 15 is 0 Å². The van der Waals surface area contributed by atoms with Gasteiger partial charge in [0.25, 0.3) is 11.5 Å². The normalized spacial score (nSPS) is 11.7. The highest BCUT2D eigenvalue weighted by atomic mass is 32.1. The summed E-state index contributed by atoms with van der Waals surface area (Å²) in [6, 6.07) is 13.3. The number of thiophene rings is 1. The lowest BCUT2D eigenvalue weighted by Gasteiger charge is -2.18. The number of carbonyl (C=O) groups is 3. The second kappa shape index (κ2) is 10.8. The fourth-order valence-electron chi connectivity index (χ4n) is 4.04. The number of aryl methyl sites for hydroxylation is 2. The number of rotatable bonds is 7. The Labute approximate surface area is 217 Å². The van der Waals surface area contributed by atoms with Crippen molar-refractivity contribution in [1.29, 1.82) is 0 Å². The monoisotopic (exact) mass is 517 g/mol. The fourth-order valence-corrected chi connectivity index (χ4v) is 5.08. The molecule has 190 valence electrons. The van der Waals surface area contributed by atoms with Crippen LogP contribution in [0, 0.1) is 13.8 Å². The number of hydrogen-bond donors (Lipinski definition) is 3. The predicted octanol–water partition coefficient (Wildman–Crippen LogP) is 4.88. The van der Waals surface area contributed by atoms with E-state index in [1.165, 1.54) is 17.8 Å². The number of anilines is 3. The first-order chi connectivity index (χ1) is 17.7. The van der Waals surface area contributed by atoms with Crippen molar-refractivity contribution in [2.24, 2.45) is 0 Å². The first kappa shape index (κ1) is 25.8.